The minimum atomic E-state index is 0.416. The number of hydrogen-bond donors (Lipinski definition) is 0. The molecule has 17 heavy (non-hydrogen) atoms. The Bertz CT molecular complexity index is 513. The largest absolute Gasteiger partial charge is 0.438 e. The summed E-state index contributed by atoms with van der Waals surface area (Å²) in [5.41, 5.74) is 1.27. The summed E-state index contributed by atoms with van der Waals surface area (Å²) in [5, 5.41) is 0.485. The number of ether oxygens (including phenoxy) is 1. The van der Waals surface area contributed by atoms with Crippen molar-refractivity contribution >= 4 is 27.5 Å². The Morgan fingerprint density at radius 3 is 2.59 bits per heavy atom. The van der Waals surface area contributed by atoms with Crippen LogP contribution in [0.15, 0.2) is 41.0 Å². The summed E-state index contributed by atoms with van der Waals surface area (Å²) in [6.07, 6.45) is 2.67. The maximum Gasteiger partial charge on any atom is 0.238 e. The third kappa shape index (κ3) is 3.20. The predicted molar refractivity (Wildman–Crippen MR) is 72.8 cm³/mol. The summed E-state index contributed by atoms with van der Waals surface area (Å²) in [6, 6.07) is 9.65. The van der Waals surface area contributed by atoms with Gasteiger partial charge in [-0.2, -0.15) is 0 Å². The van der Waals surface area contributed by atoms with Crippen LogP contribution in [0.3, 0.4) is 0 Å². The Labute approximate surface area is 114 Å². The van der Waals surface area contributed by atoms with Crippen LogP contribution >= 0.6 is 27.5 Å². The fourth-order valence-electron chi connectivity index (χ4n) is 1.38. The lowest BCUT2D eigenvalue weighted by molar-refractivity contribution is 0.463. The minimum absolute atomic E-state index is 0.416. The van der Waals surface area contributed by atoms with Gasteiger partial charge in [-0.15, -0.1) is 0 Å². The van der Waals surface area contributed by atoms with Crippen LogP contribution in [0.25, 0.3) is 0 Å². The molecule has 0 fully saturated rings. The molecule has 0 saturated heterocycles. The van der Waals surface area contributed by atoms with E-state index in [-0.39, 0.29) is 0 Å². The van der Waals surface area contributed by atoms with Crippen LogP contribution in [0.1, 0.15) is 12.5 Å². The van der Waals surface area contributed by atoms with Crippen molar-refractivity contribution in [3.8, 4) is 11.6 Å². The van der Waals surface area contributed by atoms with Crippen molar-refractivity contribution in [3.63, 3.8) is 0 Å². The van der Waals surface area contributed by atoms with E-state index >= 15 is 0 Å². The topological polar surface area (TPSA) is 22.1 Å². The van der Waals surface area contributed by atoms with Gasteiger partial charge in [-0.1, -0.05) is 30.7 Å². The summed E-state index contributed by atoms with van der Waals surface area (Å²) >= 11 is 9.32. The van der Waals surface area contributed by atoms with Crippen LogP contribution < -0.4 is 4.74 Å². The number of rotatable bonds is 3. The van der Waals surface area contributed by atoms with Crippen molar-refractivity contribution in [3.05, 3.63) is 51.6 Å². The molecule has 4 heteroatoms. The first-order chi connectivity index (χ1) is 8.19. The van der Waals surface area contributed by atoms with Crippen LogP contribution in [0.2, 0.25) is 5.02 Å². The fraction of sp³-hybridized carbons (Fsp3) is 0.154. The number of aryl methyl sites for hydroxylation is 1. The lowest BCUT2D eigenvalue weighted by atomic mass is 10.2. The van der Waals surface area contributed by atoms with Crippen molar-refractivity contribution in [2.45, 2.75) is 13.3 Å². The van der Waals surface area contributed by atoms with Crippen LogP contribution in [0, 0.1) is 0 Å². The quantitative estimate of drug-likeness (QED) is 0.808. The van der Waals surface area contributed by atoms with E-state index in [4.69, 9.17) is 16.3 Å². The molecule has 2 nitrogen and oxygen atoms in total. The lowest BCUT2D eigenvalue weighted by Crippen LogP contribution is -1.89. The average Bonchev–Trinajstić information content (AvgIpc) is 2.34. The van der Waals surface area contributed by atoms with Gasteiger partial charge in [0.05, 0.1) is 0 Å². The van der Waals surface area contributed by atoms with Gasteiger partial charge in [-0.25, -0.2) is 4.98 Å². The van der Waals surface area contributed by atoms with Gasteiger partial charge in [0.25, 0.3) is 0 Å². The first kappa shape index (κ1) is 12.4. The highest BCUT2D eigenvalue weighted by Gasteiger charge is 2.05. The molecular weight excluding hydrogens is 302 g/mol. The van der Waals surface area contributed by atoms with Crippen LogP contribution in [-0.2, 0) is 6.42 Å². The maximum atomic E-state index is 6.02. The molecule has 88 valence electrons. The standard InChI is InChI=1S/C13H11BrClNO/c1-2-9-3-5-11(6-4-9)17-13-12(15)7-10(14)8-16-13/h3-8H,2H2,1H3. The Morgan fingerprint density at radius 1 is 1.29 bits per heavy atom. The first-order valence-electron chi connectivity index (χ1n) is 5.27. The highest BCUT2D eigenvalue weighted by Crippen LogP contribution is 2.29. The molecule has 0 atom stereocenters. The molecule has 0 unspecified atom stereocenters. The second-order valence-electron chi connectivity index (χ2n) is 3.54. The number of aromatic nitrogens is 1. The van der Waals surface area contributed by atoms with E-state index in [1.54, 1.807) is 12.3 Å². The number of benzene rings is 1. The molecule has 0 amide bonds. The zero-order chi connectivity index (χ0) is 12.3. The second kappa shape index (κ2) is 5.52. The molecule has 1 heterocycles. The van der Waals surface area contributed by atoms with E-state index in [0.29, 0.717) is 10.9 Å². The predicted octanol–water partition coefficient (Wildman–Crippen LogP) is 4.85. The molecule has 1 aromatic carbocycles. The monoisotopic (exact) mass is 311 g/mol. The number of halogens is 2. The van der Waals surface area contributed by atoms with Crippen molar-refractivity contribution in [1.29, 1.82) is 0 Å². The molecule has 0 aliphatic rings. The normalized spacial score (nSPS) is 10.3. The number of nitrogens with zero attached hydrogens (tertiary/aromatic N) is 1. The molecule has 2 rings (SSSR count). The molecular formula is C13H11BrClNO. The maximum absolute atomic E-state index is 6.02. The first-order valence-corrected chi connectivity index (χ1v) is 6.44. The zero-order valence-electron chi connectivity index (χ0n) is 9.28. The highest BCUT2D eigenvalue weighted by atomic mass is 79.9. The summed E-state index contributed by atoms with van der Waals surface area (Å²) in [4.78, 5) is 4.11. The molecule has 0 saturated carbocycles. The van der Waals surface area contributed by atoms with Gasteiger partial charge >= 0.3 is 0 Å². The van der Waals surface area contributed by atoms with Crippen molar-refractivity contribution in [2.75, 3.05) is 0 Å². The minimum Gasteiger partial charge on any atom is -0.438 e. The molecule has 1 aromatic heterocycles. The van der Waals surface area contributed by atoms with E-state index in [1.165, 1.54) is 5.56 Å². The Balaban J connectivity index is 2.19. The fourth-order valence-corrected chi connectivity index (χ4v) is 2.05. The molecule has 0 spiro atoms. The van der Waals surface area contributed by atoms with Crippen molar-refractivity contribution in [2.24, 2.45) is 0 Å². The molecule has 0 aliphatic carbocycles. The summed E-state index contributed by atoms with van der Waals surface area (Å²) in [6.45, 7) is 2.11. The van der Waals surface area contributed by atoms with Gasteiger partial charge in [0, 0.05) is 10.7 Å². The van der Waals surface area contributed by atoms with Gasteiger partial charge in [-0.3, -0.25) is 0 Å². The smallest absolute Gasteiger partial charge is 0.238 e. The van der Waals surface area contributed by atoms with Gasteiger partial charge in [0.1, 0.15) is 10.8 Å². The highest BCUT2D eigenvalue weighted by molar-refractivity contribution is 9.10. The molecule has 0 bridgehead atoms. The summed E-state index contributed by atoms with van der Waals surface area (Å²) < 4.78 is 6.43. The van der Waals surface area contributed by atoms with Crippen molar-refractivity contribution in [1.82, 2.24) is 4.98 Å². The third-order valence-electron chi connectivity index (χ3n) is 2.32. The SMILES string of the molecule is CCc1ccc(Oc2ncc(Br)cc2Cl)cc1. The number of pyridine rings is 1. The van der Waals surface area contributed by atoms with Gasteiger partial charge in [0.2, 0.25) is 5.88 Å². The molecule has 0 N–H and O–H groups in total. The van der Waals surface area contributed by atoms with Gasteiger partial charge in [-0.05, 0) is 46.1 Å². The molecule has 0 radical (unpaired) electrons. The van der Waals surface area contributed by atoms with E-state index in [9.17, 15) is 0 Å². The van der Waals surface area contributed by atoms with E-state index in [0.717, 1.165) is 16.6 Å². The van der Waals surface area contributed by atoms with Crippen molar-refractivity contribution < 1.29 is 4.74 Å². The Morgan fingerprint density at radius 2 is 2.00 bits per heavy atom. The summed E-state index contributed by atoms with van der Waals surface area (Å²) in [5.74, 6) is 1.15. The van der Waals surface area contributed by atoms with E-state index in [2.05, 4.69) is 27.8 Å². The number of hydrogen-bond acceptors (Lipinski definition) is 2. The lowest BCUT2D eigenvalue weighted by Gasteiger charge is -2.07. The molecule has 0 aliphatic heterocycles. The average molecular weight is 313 g/mol. The third-order valence-corrected chi connectivity index (χ3v) is 3.02. The van der Waals surface area contributed by atoms with Gasteiger partial charge < -0.3 is 4.74 Å². The van der Waals surface area contributed by atoms with Crippen LogP contribution in [-0.4, -0.2) is 4.98 Å². The summed E-state index contributed by atoms with van der Waals surface area (Å²) in [7, 11) is 0. The van der Waals surface area contributed by atoms with Crippen LogP contribution in [0.4, 0.5) is 0 Å². The Hall–Kier alpha value is -1.06. The Kier molecular flexibility index (Phi) is 4.02. The zero-order valence-corrected chi connectivity index (χ0v) is 11.6. The van der Waals surface area contributed by atoms with E-state index in [1.807, 2.05) is 24.3 Å². The van der Waals surface area contributed by atoms with Gasteiger partial charge in [0.15, 0.2) is 0 Å². The molecule has 2 aromatic rings. The van der Waals surface area contributed by atoms with E-state index < -0.39 is 0 Å². The second-order valence-corrected chi connectivity index (χ2v) is 4.86. The van der Waals surface area contributed by atoms with Crippen LogP contribution in [0.5, 0.6) is 11.6 Å².